The third-order valence-corrected chi connectivity index (χ3v) is 4.54. The van der Waals surface area contributed by atoms with Gasteiger partial charge in [0.1, 0.15) is 0 Å². The van der Waals surface area contributed by atoms with Gasteiger partial charge in [-0.3, -0.25) is 9.58 Å². The van der Waals surface area contributed by atoms with Gasteiger partial charge in [0.25, 0.3) is 0 Å². The maximum absolute atomic E-state index is 4.72. The van der Waals surface area contributed by atoms with Gasteiger partial charge >= 0.3 is 0 Å². The summed E-state index contributed by atoms with van der Waals surface area (Å²) in [4.78, 5) is 2.52. The molecule has 2 rings (SSSR count). The molecule has 1 aromatic rings. The fourth-order valence-electron chi connectivity index (χ4n) is 3.38. The first-order valence-electron chi connectivity index (χ1n) is 8.58. The Morgan fingerprint density at radius 1 is 1.24 bits per heavy atom. The molecule has 120 valence electrons. The second-order valence-corrected chi connectivity index (χ2v) is 6.83. The third kappa shape index (κ3) is 4.82. The van der Waals surface area contributed by atoms with Crippen molar-refractivity contribution in [2.45, 2.75) is 78.0 Å². The first kappa shape index (κ1) is 16.5. The van der Waals surface area contributed by atoms with Crippen LogP contribution < -0.4 is 5.32 Å². The highest BCUT2D eigenvalue weighted by molar-refractivity contribution is 4.99. The molecule has 0 spiro atoms. The molecule has 1 saturated carbocycles. The molecule has 0 atom stereocenters. The molecule has 1 heterocycles. The molecule has 0 radical (unpaired) electrons. The Kier molecular flexibility index (Phi) is 6.24. The van der Waals surface area contributed by atoms with Crippen LogP contribution in [0.2, 0.25) is 0 Å². The first-order valence-corrected chi connectivity index (χ1v) is 8.58. The Labute approximate surface area is 129 Å². The van der Waals surface area contributed by atoms with Crippen molar-refractivity contribution in [2.75, 3.05) is 13.1 Å². The molecule has 0 amide bonds. The second-order valence-electron chi connectivity index (χ2n) is 6.83. The minimum Gasteiger partial charge on any atom is -0.310 e. The van der Waals surface area contributed by atoms with E-state index >= 15 is 0 Å². The maximum Gasteiger partial charge on any atom is 0.0762 e. The van der Waals surface area contributed by atoms with Crippen LogP contribution in [0.5, 0.6) is 0 Å². The Morgan fingerprint density at radius 3 is 2.52 bits per heavy atom. The van der Waals surface area contributed by atoms with Crippen LogP contribution in [-0.4, -0.2) is 39.9 Å². The predicted octanol–water partition coefficient (Wildman–Crippen LogP) is 3.21. The van der Waals surface area contributed by atoms with E-state index in [-0.39, 0.29) is 0 Å². The molecular weight excluding hydrogens is 260 g/mol. The topological polar surface area (TPSA) is 33.1 Å². The normalized spacial score (nSPS) is 16.7. The first-order chi connectivity index (χ1) is 10.1. The summed E-state index contributed by atoms with van der Waals surface area (Å²) < 4.78 is 2.18. The molecule has 4 nitrogen and oxygen atoms in total. The minimum atomic E-state index is 0.605. The lowest BCUT2D eigenvalue weighted by molar-refractivity contribution is 0.175. The van der Waals surface area contributed by atoms with Gasteiger partial charge in [-0.15, -0.1) is 0 Å². The van der Waals surface area contributed by atoms with E-state index in [2.05, 4.69) is 54.9 Å². The van der Waals surface area contributed by atoms with Gasteiger partial charge in [0.05, 0.1) is 11.7 Å². The van der Waals surface area contributed by atoms with E-state index in [4.69, 9.17) is 5.10 Å². The van der Waals surface area contributed by atoms with Crippen LogP contribution >= 0.6 is 0 Å². The average molecular weight is 292 g/mol. The molecule has 0 unspecified atom stereocenters. The van der Waals surface area contributed by atoms with Gasteiger partial charge in [0.2, 0.25) is 0 Å². The molecule has 0 aliphatic heterocycles. The zero-order chi connectivity index (χ0) is 15.2. The minimum absolute atomic E-state index is 0.605. The summed E-state index contributed by atoms with van der Waals surface area (Å²) in [6.45, 7) is 12.1. The van der Waals surface area contributed by atoms with E-state index in [1.807, 2.05) is 0 Å². The van der Waals surface area contributed by atoms with E-state index in [0.717, 1.165) is 19.6 Å². The van der Waals surface area contributed by atoms with Crippen LogP contribution in [0.3, 0.4) is 0 Å². The lowest BCUT2D eigenvalue weighted by Gasteiger charge is -2.30. The standard InChI is InChI=1S/C17H32N4/c1-14(2)20(15(3)4)12-10-18-13-16-9-11-21(19-16)17-7-5-6-8-17/h9,11,14-15,17-18H,5-8,10,12-13H2,1-4H3. The largest absolute Gasteiger partial charge is 0.310 e. The van der Waals surface area contributed by atoms with Crippen molar-refractivity contribution in [2.24, 2.45) is 0 Å². The Bertz CT molecular complexity index is 397. The fourth-order valence-corrected chi connectivity index (χ4v) is 3.38. The van der Waals surface area contributed by atoms with Gasteiger partial charge in [-0.2, -0.15) is 5.10 Å². The summed E-state index contributed by atoms with van der Waals surface area (Å²) in [6, 6.07) is 4.02. The molecule has 1 aromatic heterocycles. The number of nitrogens with one attached hydrogen (secondary N) is 1. The van der Waals surface area contributed by atoms with E-state index in [1.165, 1.54) is 31.4 Å². The van der Waals surface area contributed by atoms with Crippen molar-refractivity contribution < 1.29 is 0 Å². The second kappa shape index (κ2) is 7.95. The van der Waals surface area contributed by atoms with Crippen LogP contribution in [0, 0.1) is 0 Å². The Balaban J connectivity index is 1.71. The molecule has 1 fully saturated rings. The number of hydrogen-bond donors (Lipinski definition) is 1. The molecule has 1 aliphatic carbocycles. The SMILES string of the molecule is CC(C)N(CCNCc1ccn(C2CCCC2)n1)C(C)C. The van der Waals surface area contributed by atoms with Crippen molar-refractivity contribution in [3.05, 3.63) is 18.0 Å². The third-order valence-electron chi connectivity index (χ3n) is 4.54. The van der Waals surface area contributed by atoms with Gasteiger partial charge in [-0.1, -0.05) is 12.8 Å². The van der Waals surface area contributed by atoms with Crippen molar-refractivity contribution >= 4 is 0 Å². The molecule has 0 saturated heterocycles. The molecule has 0 bridgehead atoms. The molecule has 4 heteroatoms. The van der Waals surface area contributed by atoms with Crippen LogP contribution in [0.4, 0.5) is 0 Å². The van der Waals surface area contributed by atoms with Gasteiger partial charge < -0.3 is 5.32 Å². The lowest BCUT2D eigenvalue weighted by Crippen LogP contribution is -2.41. The number of hydrogen-bond acceptors (Lipinski definition) is 3. The van der Waals surface area contributed by atoms with E-state index in [0.29, 0.717) is 18.1 Å². The Hall–Kier alpha value is -0.870. The average Bonchev–Trinajstić information content (AvgIpc) is 3.08. The summed E-state index contributed by atoms with van der Waals surface area (Å²) >= 11 is 0. The van der Waals surface area contributed by atoms with Crippen LogP contribution in [0.1, 0.15) is 65.1 Å². The highest BCUT2D eigenvalue weighted by Gasteiger charge is 2.17. The summed E-state index contributed by atoms with van der Waals surface area (Å²) in [5, 5.41) is 8.25. The summed E-state index contributed by atoms with van der Waals surface area (Å²) in [5.41, 5.74) is 1.17. The number of rotatable bonds is 8. The number of aromatic nitrogens is 2. The fraction of sp³-hybridized carbons (Fsp3) is 0.824. The van der Waals surface area contributed by atoms with E-state index in [1.54, 1.807) is 0 Å². The van der Waals surface area contributed by atoms with Gasteiger partial charge in [-0.25, -0.2) is 0 Å². The summed E-state index contributed by atoms with van der Waals surface area (Å²) in [5.74, 6) is 0. The maximum atomic E-state index is 4.72. The van der Waals surface area contributed by atoms with E-state index in [9.17, 15) is 0 Å². The summed E-state index contributed by atoms with van der Waals surface area (Å²) in [6.07, 6.45) is 7.47. The Morgan fingerprint density at radius 2 is 1.90 bits per heavy atom. The van der Waals surface area contributed by atoms with Crippen LogP contribution in [0.25, 0.3) is 0 Å². The molecule has 21 heavy (non-hydrogen) atoms. The monoisotopic (exact) mass is 292 g/mol. The summed E-state index contributed by atoms with van der Waals surface area (Å²) in [7, 11) is 0. The molecule has 0 aromatic carbocycles. The van der Waals surface area contributed by atoms with Crippen molar-refractivity contribution in [3.8, 4) is 0 Å². The smallest absolute Gasteiger partial charge is 0.0762 e. The van der Waals surface area contributed by atoms with Crippen LogP contribution in [0.15, 0.2) is 12.3 Å². The quantitative estimate of drug-likeness (QED) is 0.747. The van der Waals surface area contributed by atoms with E-state index < -0.39 is 0 Å². The molecule has 1 aliphatic rings. The highest BCUT2D eigenvalue weighted by Crippen LogP contribution is 2.28. The zero-order valence-electron chi connectivity index (χ0n) is 14.2. The molecule has 1 N–H and O–H groups in total. The van der Waals surface area contributed by atoms with Crippen molar-refractivity contribution in [1.82, 2.24) is 20.0 Å². The van der Waals surface area contributed by atoms with Crippen molar-refractivity contribution in [3.63, 3.8) is 0 Å². The highest BCUT2D eigenvalue weighted by atomic mass is 15.3. The van der Waals surface area contributed by atoms with Gasteiger partial charge in [-0.05, 0) is 46.6 Å². The zero-order valence-corrected chi connectivity index (χ0v) is 14.2. The number of nitrogens with zero attached hydrogens (tertiary/aromatic N) is 3. The van der Waals surface area contributed by atoms with Gasteiger partial charge in [0, 0.05) is 37.9 Å². The van der Waals surface area contributed by atoms with Crippen LogP contribution in [-0.2, 0) is 6.54 Å². The van der Waals surface area contributed by atoms with Crippen molar-refractivity contribution in [1.29, 1.82) is 0 Å². The molecular formula is C17H32N4. The van der Waals surface area contributed by atoms with Gasteiger partial charge in [0.15, 0.2) is 0 Å². The lowest BCUT2D eigenvalue weighted by atomic mass is 10.2. The predicted molar refractivity (Wildman–Crippen MR) is 88.4 cm³/mol.